The van der Waals surface area contributed by atoms with Crippen LogP contribution >= 0.6 is 0 Å². The van der Waals surface area contributed by atoms with E-state index in [4.69, 9.17) is 5.11 Å². The Morgan fingerprint density at radius 3 is 2.47 bits per heavy atom. The molecule has 0 aromatic rings. The van der Waals surface area contributed by atoms with E-state index in [1.807, 2.05) is 6.92 Å². The average Bonchev–Trinajstić information content (AvgIpc) is 2.28. The summed E-state index contributed by atoms with van der Waals surface area (Å²) in [6.45, 7) is 4.01. The number of nitrogens with one attached hydrogen (secondary N) is 2. The first-order valence-electron chi connectivity index (χ1n) is 7.22. The van der Waals surface area contributed by atoms with Gasteiger partial charge in [0, 0.05) is 18.0 Å². The van der Waals surface area contributed by atoms with Crippen LogP contribution in [0.4, 0.5) is 4.79 Å². The minimum Gasteiger partial charge on any atom is -0.481 e. The van der Waals surface area contributed by atoms with Gasteiger partial charge in [0.2, 0.25) is 0 Å². The summed E-state index contributed by atoms with van der Waals surface area (Å²) in [7, 11) is 0. The lowest BCUT2D eigenvalue weighted by atomic mass is 9.83. The quantitative estimate of drug-likeness (QED) is 0.694. The van der Waals surface area contributed by atoms with E-state index < -0.39 is 5.97 Å². The maximum absolute atomic E-state index is 11.9. The molecule has 1 rings (SSSR count). The van der Waals surface area contributed by atoms with Crippen molar-refractivity contribution in [1.82, 2.24) is 10.6 Å². The normalized spacial score (nSPS) is 19.5. The zero-order valence-corrected chi connectivity index (χ0v) is 12.0. The second kappa shape index (κ2) is 7.36. The molecule has 1 aliphatic rings. The van der Waals surface area contributed by atoms with E-state index in [1.165, 1.54) is 19.3 Å². The van der Waals surface area contributed by atoms with Crippen LogP contribution in [0.3, 0.4) is 0 Å². The van der Waals surface area contributed by atoms with Crippen molar-refractivity contribution < 1.29 is 14.7 Å². The first kappa shape index (κ1) is 15.8. The van der Waals surface area contributed by atoms with Gasteiger partial charge in [-0.05, 0) is 39.5 Å². The molecule has 0 aromatic carbocycles. The maximum Gasteiger partial charge on any atom is 0.315 e. The molecule has 1 unspecified atom stereocenters. The Hall–Kier alpha value is -1.26. The largest absolute Gasteiger partial charge is 0.481 e. The lowest BCUT2D eigenvalue weighted by Gasteiger charge is -2.34. The molecule has 3 N–H and O–H groups in total. The third-order valence-electron chi connectivity index (χ3n) is 3.78. The molecule has 110 valence electrons. The number of carboxylic acids is 1. The zero-order chi connectivity index (χ0) is 14.3. The van der Waals surface area contributed by atoms with Crippen LogP contribution in [-0.2, 0) is 4.79 Å². The highest BCUT2D eigenvalue weighted by atomic mass is 16.4. The van der Waals surface area contributed by atoms with Gasteiger partial charge in [-0.25, -0.2) is 4.79 Å². The van der Waals surface area contributed by atoms with Crippen molar-refractivity contribution >= 4 is 12.0 Å². The number of hydrogen-bond donors (Lipinski definition) is 3. The number of carboxylic acid groups (broad SMARTS) is 1. The predicted octanol–water partition coefficient (Wildman–Crippen LogP) is 2.65. The number of amides is 2. The van der Waals surface area contributed by atoms with E-state index in [0.29, 0.717) is 12.8 Å². The Morgan fingerprint density at radius 1 is 1.26 bits per heavy atom. The van der Waals surface area contributed by atoms with Crippen LogP contribution < -0.4 is 10.6 Å². The van der Waals surface area contributed by atoms with E-state index in [0.717, 1.165) is 12.8 Å². The van der Waals surface area contributed by atoms with E-state index in [-0.39, 0.29) is 24.0 Å². The molecule has 19 heavy (non-hydrogen) atoms. The Labute approximate surface area is 115 Å². The third kappa shape index (κ3) is 6.45. The van der Waals surface area contributed by atoms with Gasteiger partial charge >= 0.3 is 12.0 Å². The van der Waals surface area contributed by atoms with Crippen molar-refractivity contribution in [3.63, 3.8) is 0 Å². The van der Waals surface area contributed by atoms with Gasteiger partial charge in [-0.1, -0.05) is 19.3 Å². The summed E-state index contributed by atoms with van der Waals surface area (Å²) in [5.74, 6) is -0.786. The SMILES string of the molecule is CC(CCCC(=O)O)NC(=O)NC1(C)CCCCC1. The highest BCUT2D eigenvalue weighted by Gasteiger charge is 2.28. The third-order valence-corrected chi connectivity index (χ3v) is 3.78. The summed E-state index contributed by atoms with van der Waals surface area (Å²) in [6.07, 6.45) is 7.11. The van der Waals surface area contributed by atoms with Gasteiger partial charge in [0.05, 0.1) is 0 Å². The van der Waals surface area contributed by atoms with Crippen LogP contribution in [0.15, 0.2) is 0 Å². The highest BCUT2D eigenvalue weighted by Crippen LogP contribution is 2.27. The molecule has 0 aromatic heterocycles. The Morgan fingerprint density at radius 2 is 1.89 bits per heavy atom. The molecular weight excluding hydrogens is 244 g/mol. The number of urea groups is 1. The standard InChI is InChI=1S/C14H26N2O3/c1-11(7-6-8-12(17)18)15-13(19)16-14(2)9-4-3-5-10-14/h11H,3-10H2,1-2H3,(H,17,18)(H2,15,16,19). The summed E-state index contributed by atoms with van der Waals surface area (Å²) >= 11 is 0. The lowest BCUT2D eigenvalue weighted by Crippen LogP contribution is -2.52. The summed E-state index contributed by atoms with van der Waals surface area (Å²) in [5.41, 5.74) is -0.0802. The molecule has 0 aliphatic heterocycles. The first-order valence-corrected chi connectivity index (χ1v) is 7.22. The molecule has 0 spiro atoms. The topological polar surface area (TPSA) is 78.4 Å². The fourth-order valence-corrected chi connectivity index (χ4v) is 2.62. The monoisotopic (exact) mass is 270 g/mol. The summed E-state index contributed by atoms with van der Waals surface area (Å²) in [6, 6.07) is -0.126. The molecule has 0 bridgehead atoms. The van der Waals surface area contributed by atoms with Crippen LogP contribution in [0, 0.1) is 0 Å². The minimum atomic E-state index is -0.786. The van der Waals surface area contributed by atoms with E-state index in [9.17, 15) is 9.59 Å². The second-order valence-electron chi connectivity index (χ2n) is 5.91. The van der Waals surface area contributed by atoms with Gasteiger partial charge < -0.3 is 15.7 Å². The van der Waals surface area contributed by atoms with Gasteiger partial charge in [0.1, 0.15) is 0 Å². The lowest BCUT2D eigenvalue weighted by molar-refractivity contribution is -0.137. The smallest absolute Gasteiger partial charge is 0.315 e. The average molecular weight is 270 g/mol. The summed E-state index contributed by atoms with van der Waals surface area (Å²) < 4.78 is 0. The molecule has 0 heterocycles. The fourth-order valence-electron chi connectivity index (χ4n) is 2.62. The second-order valence-corrected chi connectivity index (χ2v) is 5.91. The van der Waals surface area contributed by atoms with Crippen molar-refractivity contribution in [2.45, 2.75) is 76.8 Å². The minimum absolute atomic E-state index is 0.00606. The van der Waals surface area contributed by atoms with E-state index in [1.54, 1.807) is 0 Å². The van der Waals surface area contributed by atoms with Gasteiger partial charge in [0.25, 0.3) is 0 Å². The molecule has 0 radical (unpaired) electrons. The first-order chi connectivity index (χ1) is 8.91. The molecule has 1 fully saturated rings. The fraction of sp³-hybridized carbons (Fsp3) is 0.857. The maximum atomic E-state index is 11.9. The number of rotatable bonds is 6. The molecule has 1 atom stereocenters. The molecule has 0 saturated heterocycles. The number of carbonyl (C=O) groups excluding carboxylic acids is 1. The van der Waals surface area contributed by atoms with Crippen molar-refractivity contribution in [1.29, 1.82) is 0 Å². The summed E-state index contributed by atoms with van der Waals surface area (Å²) in [5, 5.41) is 14.5. The van der Waals surface area contributed by atoms with Crippen molar-refractivity contribution in [2.24, 2.45) is 0 Å². The zero-order valence-electron chi connectivity index (χ0n) is 12.0. The molecule has 2 amide bonds. The van der Waals surface area contributed by atoms with Gasteiger partial charge in [-0.3, -0.25) is 4.79 Å². The van der Waals surface area contributed by atoms with E-state index >= 15 is 0 Å². The van der Waals surface area contributed by atoms with Crippen LogP contribution in [0.5, 0.6) is 0 Å². The molecule has 5 heteroatoms. The number of hydrogen-bond acceptors (Lipinski definition) is 2. The number of aliphatic carboxylic acids is 1. The van der Waals surface area contributed by atoms with Gasteiger partial charge in [-0.15, -0.1) is 0 Å². The molecule has 1 saturated carbocycles. The summed E-state index contributed by atoms with van der Waals surface area (Å²) in [4.78, 5) is 22.3. The Balaban J connectivity index is 2.24. The van der Waals surface area contributed by atoms with E-state index in [2.05, 4.69) is 17.6 Å². The highest BCUT2D eigenvalue weighted by molar-refractivity contribution is 5.75. The van der Waals surface area contributed by atoms with Crippen LogP contribution in [0.1, 0.15) is 65.2 Å². The van der Waals surface area contributed by atoms with Gasteiger partial charge in [-0.2, -0.15) is 0 Å². The molecule has 5 nitrogen and oxygen atoms in total. The molecular formula is C14H26N2O3. The molecule has 1 aliphatic carbocycles. The van der Waals surface area contributed by atoms with Crippen LogP contribution in [0.2, 0.25) is 0 Å². The van der Waals surface area contributed by atoms with Crippen molar-refractivity contribution in [2.75, 3.05) is 0 Å². The van der Waals surface area contributed by atoms with Crippen LogP contribution in [0.25, 0.3) is 0 Å². The predicted molar refractivity (Wildman–Crippen MR) is 74.1 cm³/mol. The van der Waals surface area contributed by atoms with Gasteiger partial charge in [0.15, 0.2) is 0 Å². The Kier molecular flexibility index (Phi) is 6.12. The van der Waals surface area contributed by atoms with Crippen molar-refractivity contribution in [3.05, 3.63) is 0 Å². The van der Waals surface area contributed by atoms with Crippen molar-refractivity contribution in [3.8, 4) is 0 Å². The Bertz CT molecular complexity index is 312. The van der Waals surface area contributed by atoms with Crippen LogP contribution in [-0.4, -0.2) is 28.7 Å². The number of carbonyl (C=O) groups is 2.